The number of nitrogens with one attached hydrogen (secondary N) is 1. The minimum absolute atomic E-state index is 0.447. The number of carbonyl (C=O) groups excluding carboxylic acids is 1. The predicted molar refractivity (Wildman–Crippen MR) is 80.2 cm³/mol. The van der Waals surface area contributed by atoms with Crippen molar-refractivity contribution in [1.29, 1.82) is 0 Å². The standard InChI is InChI=1S/C14H12BrN3O2/c1-10-6-11(3-5-14(17-7-10)18-9-19)20-12-2-4-13(15)16-8-12/h2-9H,1H3,(H,17,18,19). The van der Waals surface area contributed by atoms with Gasteiger partial charge in [-0.05, 0) is 58.8 Å². The van der Waals surface area contributed by atoms with Crippen molar-refractivity contribution in [3.63, 3.8) is 0 Å². The number of hydrogen-bond acceptors (Lipinski definition) is 4. The van der Waals surface area contributed by atoms with Crippen LogP contribution in [0.15, 0.2) is 63.7 Å². The average Bonchev–Trinajstić information content (AvgIpc) is 2.42. The zero-order valence-corrected chi connectivity index (χ0v) is 12.3. The molecule has 0 fully saturated rings. The number of amides is 1. The number of hydrogen-bond donors (Lipinski definition) is 1. The van der Waals surface area contributed by atoms with Crippen LogP contribution < -0.4 is 10.1 Å². The Morgan fingerprint density at radius 1 is 1.35 bits per heavy atom. The van der Waals surface area contributed by atoms with Crippen LogP contribution in [0.1, 0.15) is 6.92 Å². The summed E-state index contributed by atoms with van der Waals surface area (Å²) >= 11 is 3.27. The molecule has 1 aliphatic rings. The van der Waals surface area contributed by atoms with E-state index in [4.69, 9.17) is 4.74 Å². The van der Waals surface area contributed by atoms with Crippen LogP contribution in [0.25, 0.3) is 0 Å². The maximum absolute atomic E-state index is 10.5. The molecule has 1 amide bonds. The Hall–Kier alpha value is -2.21. The Kier molecular flexibility index (Phi) is 4.84. The summed E-state index contributed by atoms with van der Waals surface area (Å²) < 4.78 is 6.47. The first-order valence-corrected chi connectivity index (χ1v) is 6.60. The fraction of sp³-hybridized carbons (Fsp3) is 0.0714. The Morgan fingerprint density at radius 3 is 2.90 bits per heavy atom. The van der Waals surface area contributed by atoms with Gasteiger partial charge >= 0.3 is 0 Å². The summed E-state index contributed by atoms with van der Waals surface area (Å²) in [5, 5.41) is 2.50. The number of amidine groups is 1. The predicted octanol–water partition coefficient (Wildman–Crippen LogP) is 2.72. The van der Waals surface area contributed by atoms with Crippen molar-refractivity contribution in [3.8, 4) is 5.75 Å². The van der Waals surface area contributed by atoms with Crippen molar-refractivity contribution in [3.05, 3.63) is 58.7 Å². The first-order chi connectivity index (χ1) is 9.67. The second kappa shape index (κ2) is 6.81. The zero-order valence-electron chi connectivity index (χ0n) is 10.7. The molecule has 0 aliphatic carbocycles. The van der Waals surface area contributed by atoms with Gasteiger partial charge in [-0.1, -0.05) is 0 Å². The van der Waals surface area contributed by atoms with Crippen LogP contribution in [0.3, 0.4) is 0 Å². The van der Waals surface area contributed by atoms with E-state index < -0.39 is 0 Å². The van der Waals surface area contributed by atoms with E-state index in [1.54, 1.807) is 30.6 Å². The molecule has 1 aromatic heterocycles. The normalized spacial score (nSPS) is 23.8. The van der Waals surface area contributed by atoms with E-state index in [0.717, 1.165) is 10.2 Å². The number of nitrogens with zero attached hydrogens (tertiary/aromatic N) is 2. The third-order valence-corrected chi connectivity index (χ3v) is 2.79. The highest BCUT2D eigenvalue weighted by atomic mass is 79.9. The third kappa shape index (κ3) is 4.17. The quantitative estimate of drug-likeness (QED) is 0.683. The number of halogens is 1. The van der Waals surface area contributed by atoms with Crippen LogP contribution in [0.5, 0.6) is 5.75 Å². The molecule has 6 heteroatoms. The number of carbonyl (C=O) groups is 1. The molecule has 0 spiro atoms. The van der Waals surface area contributed by atoms with Crippen LogP contribution in [-0.4, -0.2) is 17.2 Å². The summed E-state index contributed by atoms with van der Waals surface area (Å²) in [6.45, 7) is 1.89. The topological polar surface area (TPSA) is 63.6 Å². The lowest BCUT2D eigenvalue weighted by molar-refractivity contribution is -0.108. The van der Waals surface area contributed by atoms with Gasteiger partial charge in [0.05, 0.1) is 6.20 Å². The van der Waals surface area contributed by atoms with E-state index in [1.165, 1.54) is 0 Å². The first-order valence-electron chi connectivity index (χ1n) is 5.81. The molecule has 2 heterocycles. The smallest absolute Gasteiger partial charge is 0.212 e. The SMILES string of the molecule is CC1=C\N=C(NC=O)\C=C/C(Oc2ccc(Br)nc2)=C\1. The second-order valence-corrected chi connectivity index (χ2v) is 4.76. The molecule has 0 aromatic carbocycles. The maximum Gasteiger partial charge on any atom is 0.212 e. The molecule has 1 N–H and O–H groups in total. The van der Waals surface area contributed by atoms with Crippen molar-refractivity contribution in [1.82, 2.24) is 10.3 Å². The highest BCUT2D eigenvalue weighted by molar-refractivity contribution is 9.10. The lowest BCUT2D eigenvalue weighted by Crippen LogP contribution is -2.19. The number of aliphatic imine (C=N–C) groups is 1. The number of rotatable bonds is 3. The second-order valence-electron chi connectivity index (χ2n) is 3.95. The van der Waals surface area contributed by atoms with E-state index >= 15 is 0 Å². The molecule has 1 aliphatic heterocycles. The van der Waals surface area contributed by atoms with E-state index in [2.05, 4.69) is 31.2 Å². The summed E-state index contributed by atoms with van der Waals surface area (Å²) in [5.41, 5.74) is 0.902. The molecule has 102 valence electrons. The summed E-state index contributed by atoms with van der Waals surface area (Å²) in [7, 11) is 0. The fourth-order valence-electron chi connectivity index (χ4n) is 1.45. The van der Waals surface area contributed by atoms with Crippen molar-refractivity contribution >= 4 is 28.2 Å². The Balaban J connectivity index is 2.19. The number of allylic oxidation sites excluding steroid dienone is 3. The molecular weight excluding hydrogens is 322 g/mol. The molecule has 0 radical (unpaired) electrons. The van der Waals surface area contributed by atoms with E-state index in [-0.39, 0.29) is 0 Å². The van der Waals surface area contributed by atoms with Crippen molar-refractivity contribution in [2.45, 2.75) is 6.92 Å². The molecule has 0 atom stereocenters. The largest absolute Gasteiger partial charge is 0.456 e. The van der Waals surface area contributed by atoms with Crippen LogP contribution in [-0.2, 0) is 4.79 Å². The van der Waals surface area contributed by atoms with Gasteiger partial charge in [0.1, 0.15) is 21.9 Å². The van der Waals surface area contributed by atoms with Gasteiger partial charge < -0.3 is 10.1 Å². The van der Waals surface area contributed by atoms with Gasteiger partial charge in [-0.15, -0.1) is 0 Å². The number of ether oxygens (including phenoxy) is 1. The van der Waals surface area contributed by atoms with Crippen LogP contribution in [0.2, 0.25) is 0 Å². The van der Waals surface area contributed by atoms with Gasteiger partial charge in [0.2, 0.25) is 6.41 Å². The van der Waals surface area contributed by atoms with Gasteiger partial charge in [0.15, 0.2) is 0 Å². The molecule has 2 rings (SSSR count). The average molecular weight is 334 g/mol. The molecule has 0 saturated carbocycles. The summed E-state index contributed by atoms with van der Waals surface area (Å²) in [5.74, 6) is 1.70. The van der Waals surface area contributed by atoms with Crippen molar-refractivity contribution in [2.75, 3.05) is 0 Å². The molecule has 20 heavy (non-hydrogen) atoms. The monoisotopic (exact) mass is 333 g/mol. The minimum Gasteiger partial charge on any atom is -0.456 e. The van der Waals surface area contributed by atoms with Crippen molar-refractivity contribution in [2.24, 2.45) is 4.99 Å². The summed E-state index contributed by atoms with van der Waals surface area (Å²) in [6.07, 6.45) is 9.09. The lowest BCUT2D eigenvalue weighted by atomic mass is 10.2. The molecule has 0 bridgehead atoms. The van der Waals surface area contributed by atoms with Crippen LogP contribution >= 0.6 is 15.9 Å². The van der Waals surface area contributed by atoms with E-state index in [0.29, 0.717) is 23.8 Å². The Labute approximate surface area is 124 Å². The number of aromatic nitrogens is 1. The third-order valence-electron chi connectivity index (χ3n) is 2.33. The van der Waals surface area contributed by atoms with Gasteiger partial charge in [0, 0.05) is 6.20 Å². The Morgan fingerprint density at radius 2 is 2.20 bits per heavy atom. The summed E-state index contributed by atoms with van der Waals surface area (Å²) in [4.78, 5) is 18.7. The maximum atomic E-state index is 10.5. The Bertz CT molecular complexity index is 616. The molecule has 5 nitrogen and oxygen atoms in total. The zero-order chi connectivity index (χ0) is 14.4. The van der Waals surface area contributed by atoms with E-state index in [9.17, 15) is 4.79 Å². The number of pyridine rings is 1. The van der Waals surface area contributed by atoms with Gasteiger partial charge in [-0.25, -0.2) is 9.98 Å². The highest BCUT2D eigenvalue weighted by Gasteiger charge is 2.02. The fourth-order valence-corrected chi connectivity index (χ4v) is 1.69. The first kappa shape index (κ1) is 14.2. The van der Waals surface area contributed by atoms with Crippen LogP contribution in [0, 0.1) is 0 Å². The van der Waals surface area contributed by atoms with Gasteiger partial charge in [0.25, 0.3) is 0 Å². The summed E-state index contributed by atoms with van der Waals surface area (Å²) in [6, 6.07) is 3.61. The van der Waals surface area contributed by atoms with Crippen molar-refractivity contribution < 1.29 is 9.53 Å². The molecule has 0 saturated heterocycles. The minimum atomic E-state index is 0.447. The van der Waals surface area contributed by atoms with E-state index in [1.807, 2.05) is 19.1 Å². The van der Waals surface area contributed by atoms with Gasteiger partial charge in [-0.3, -0.25) is 4.79 Å². The lowest BCUT2D eigenvalue weighted by Gasteiger charge is -2.08. The van der Waals surface area contributed by atoms with Crippen LogP contribution in [0.4, 0.5) is 0 Å². The molecular formula is C14H12BrN3O2. The highest BCUT2D eigenvalue weighted by Crippen LogP contribution is 2.17. The molecule has 0 unspecified atom stereocenters. The van der Waals surface area contributed by atoms with Gasteiger partial charge in [-0.2, -0.15) is 0 Å². The molecule has 1 aromatic rings.